The molecule has 0 fully saturated rings. The number of aliphatic carboxylic acids is 1. The first kappa shape index (κ1) is 69.7. The Labute approximate surface area is 453 Å². The van der Waals surface area contributed by atoms with Crippen LogP contribution in [0.4, 0.5) is 0 Å². The Morgan fingerprint density at radius 3 is 1.15 bits per heavy atom. The van der Waals surface area contributed by atoms with E-state index >= 15 is 0 Å². The average molecular weight is 1030 g/mol. The molecule has 0 bridgehead atoms. The van der Waals surface area contributed by atoms with Crippen LogP contribution in [0, 0.1) is 0 Å². The maximum absolute atomic E-state index is 12.9. The monoisotopic (exact) mass is 1030 g/mol. The molecule has 0 N–H and O–H groups in total. The van der Waals surface area contributed by atoms with E-state index in [0.29, 0.717) is 17.4 Å². The van der Waals surface area contributed by atoms with E-state index in [9.17, 15) is 19.5 Å². The molecule has 0 aliphatic carbocycles. The summed E-state index contributed by atoms with van der Waals surface area (Å²) in [5.41, 5.74) is 0. The Morgan fingerprint density at radius 1 is 0.419 bits per heavy atom. The number of hydrogen-bond donors (Lipinski definition) is 0. The zero-order valence-corrected chi connectivity index (χ0v) is 47.7. The third-order valence-electron chi connectivity index (χ3n) is 11.9. The molecule has 0 aliphatic rings. The number of carboxylic acid groups (broad SMARTS) is 1. The minimum atomic E-state index is -1.64. The number of carbonyl (C=O) groups is 3. The number of ether oxygens (including phenoxy) is 4. The molecule has 74 heavy (non-hydrogen) atoms. The van der Waals surface area contributed by atoms with Crippen LogP contribution < -0.4 is 5.11 Å². The van der Waals surface area contributed by atoms with E-state index in [1.165, 1.54) is 51.4 Å². The molecule has 9 heteroatoms. The van der Waals surface area contributed by atoms with Crippen LogP contribution in [0.2, 0.25) is 0 Å². The van der Waals surface area contributed by atoms with E-state index in [2.05, 4.69) is 135 Å². The van der Waals surface area contributed by atoms with Gasteiger partial charge in [-0.1, -0.05) is 212 Å². The fourth-order valence-corrected chi connectivity index (χ4v) is 7.46. The first-order valence-electron chi connectivity index (χ1n) is 29.2. The molecule has 0 rings (SSSR count). The van der Waals surface area contributed by atoms with E-state index in [0.717, 1.165) is 128 Å². The molecule has 0 heterocycles. The predicted molar refractivity (Wildman–Crippen MR) is 310 cm³/mol. The minimum absolute atomic E-state index is 0.136. The van der Waals surface area contributed by atoms with Gasteiger partial charge < -0.3 is 33.3 Å². The predicted octanol–water partition coefficient (Wildman–Crippen LogP) is 16.0. The van der Waals surface area contributed by atoms with Crippen molar-refractivity contribution in [2.24, 2.45) is 0 Å². The topological polar surface area (TPSA) is 111 Å². The smallest absolute Gasteiger partial charge is 0.306 e. The van der Waals surface area contributed by atoms with Gasteiger partial charge in [0.1, 0.15) is 13.2 Å². The van der Waals surface area contributed by atoms with Gasteiger partial charge in [0.2, 0.25) is 0 Å². The van der Waals surface area contributed by atoms with Crippen LogP contribution in [0.15, 0.2) is 122 Å². The van der Waals surface area contributed by atoms with Gasteiger partial charge in [0.15, 0.2) is 12.4 Å². The summed E-state index contributed by atoms with van der Waals surface area (Å²) >= 11 is 0. The lowest BCUT2D eigenvalue weighted by Gasteiger charge is -2.26. The van der Waals surface area contributed by atoms with Crippen LogP contribution in [-0.2, 0) is 33.3 Å². The van der Waals surface area contributed by atoms with Gasteiger partial charge in [0.05, 0.1) is 40.3 Å². The molecular formula is C65H107NO8. The second-order valence-corrected chi connectivity index (χ2v) is 20.2. The number of hydrogen-bond acceptors (Lipinski definition) is 8. The Morgan fingerprint density at radius 2 is 0.770 bits per heavy atom. The Kier molecular flexibility index (Phi) is 51.7. The van der Waals surface area contributed by atoms with E-state index in [1.54, 1.807) is 0 Å². The molecule has 0 aromatic carbocycles. The first-order chi connectivity index (χ1) is 36.1. The highest BCUT2D eigenvalue weighted by atomic mass is 16.7. The highest BCUT2D eigenvalue weighted by Gasteiger charge is 2.22. The summed E-state index contributed by atoms with van der Waals surface area (Å²) in [5.74, 6) is -2.33. The van der Waals surface area contributed by atoms with Gasteiger partial charge >= 0.3 is 11.9 Å². The van der Waals surface area contributed by atoms with Crippen molar-refractivity contribution in [1.29, 1.82) is 0 Å². The Bertz CT molecular complexity index is 1620. The second kappa shape index (κ2) is 54.9. The molecule has 2 unspecified atom stereocenters. The van der Waals surface area contributed by atoms with Gasteiger partial charge in [0.25, 0.3) is 0 Å². The molecule has 0 spiro atoms. The van der Waals surface area contributed by atoms with Crippen molar-refractivity contribution >= 4 is 17.9 Å². The lowest BCUT2D eigenvalue weighted by Crippen LogP contribution is -2.44. The summed E-state index contributed by atoms with van der Waals surface area (Å²) in [4.78, 5) is 37.3. The highest BCUT2D eigenvalue weighted by Crippen LogP contribution is 2.14. The molecule has 9 nitrogen and oxygen atoms in total. The van der Waals surface area contributed by atoms with Crippen molar-refractivity contribution in [3.05, 3.63) is 122 Å². The lowest BCUT2D eigenvalue weighted by atomic mass is 10.1. The van der Waals surface area contributed by atoms with Gasteiger partial charge in [-0.25, -0.2) is 0 Å². The van der Waals surface area contributed by atoms with E-state index in [1.807, 2.05) is 21.1 Å². The SMILES string of the molecule is CC/C=C\C/C=C\C/C=C\C/C=C\C/C=C\C/C=C\C/C=C\C/C=C\CCCCCCCCC(=O)OC(COC(=O)CCCCCCCCC/C=C\C/C=C\CCCCCC)COC(OCC[N+](C)(C)C)C(=O)[O-]. The quantitative estimate of drug-likeness (QED) is 0.0195. The molecule has 0 aromatic heterocycles. The second-order valence-electron chi connectivity index (χ2n) is 20.2. The van der Waals surface area contributed by atoms with E-state index in [4.69, 9.17) is 18.9 Å². The minimum Gasteiger partial charge on any atom is -0.545 e. The zero-order valence-electron chi connectivity index (χ0n) is 47.7. The van der Waals surface area contributed by atoms with Crippen LogP contribution in [0.1, 0.15) is 213 Å². The summed E-state index contributed by atoms with van der Waals surface area (Å²) < 4.78 is 22.7. The summed E-state index contributed by atoms with van der Waals surface area (Å²) in [6.07, 6.45) is 73.8. The number of carbonyl (C=O) groups excluding carboxylic acids is 3. The van der Waals surface area contributed by atoms with Crippen LogP contribution in [0.25, 0.3) is 0 Å². The summed E-state index contributed by atoms with van der Waals surface area (Å²) in [6.45, 7) is 4.57. The first-order valence-corrected chi connectivity index (χ1v) is 29.2. The maximum atomic E-state index is 12.9. The summed E-state index contributed by atoms with van der Waals surface area (Å²) in [6, 6.07) is 0. The number of unbranched alkanes of at least 4 members (excludes halogenated alkanes) is 17. The van der Waals surface area contributed by atoms with Gasteiger partial charge in [-0.05, 0) is 109 Å². The molecule has 0 saturated carbocycles. The Balaban J connectivity index is 4.32. The molecule has 0 saturated heterocycles. The molecule has 2 atom stereocenters. The molecular weight excluding hydrogens is 923 g/mol. The number of nitrogens with zero attached hydrogens (tertiary/aromatic N) is 1. The van der Waals surface area contributed by atoms with Gasteiger partial charge in [0, 0.05) is 12.8 Å². The summed E-state index contributed by atoms with van der Waals surface area (Å²) in [5, 5.41) is 11.8. The molecule has 0 aliphatic heterocycles. The number of rotatable bonds is 52. The standard InChI is InChI=1S/C65H107NO8/c1-6-8-10-12-14-16-18-20-22-24-26-27-28-29-30-31-32-33-34-35-36-37-38-40-42-44-46-48-50-52-54-56-63(68)74-61(60-73-65(64(69)70)71-58-57-66(3,4)5)59-72-62(67)55-53-51-49-47-45-43-41-39-25-23-21-19-17-15-13-11-9-7-2/h8,10,14,16-17,19-20,22-23,25-27,29-30,32-33,35-36,38,40,61,65H,6-7,9,11-13,15,18,21,24,28,31,34,37,39,41-60H2,1-5H3/b10-8-,16-14-,19-17-,22-20-,25-23-,27-26-,30-29-,33-32-,36-35-,40-38-. The highest BCUT2D eigenvalue weighted by molar-refractivity contribution is 5.70. The van der Waals surface area contributed by atoms with Crippen LogP contribution in [-0.4, -0.2) is 82.3 Å². The van der Waals surface area contributed by atoms with Gasteiger partial charge in [-0.15, -0.1) is 0 Å². The van der Waals surface area contributed by atoms with Crippen molar-refractivity contribution in [2.75, 3.05) is 47.5 Å². The molecule has 420 valence electrons. The third kappa shape index (κ3) is 55.4. The number of allylic oxidation sites excluding steroid dienone is 20. The van der Waals surface area contributed by atoms with Crippen LogP contribution >= 0.6 is 0 Å². The molecule has 0 radical (unpaired) electrons. The fourth-order valence-electron chi connectivity index (χ4n) is 7.46. The third-order valence-corrected chi connectivity index (χ3v) is 11.9. The average Bonchev–Trinajstić information content (AvgIpc) is 3.37. The normalized spacial score (nSPS) is 13.7. The summed E-state index contributed by atoms with van der Waals surface area (Å²) in [7, 11) is 5.90. The fraction of sp³-hybridized carbons (Fsp3) is 0.646. The van der Waals surface area contributed by atoms with Crippen molar-refractivity contribution in [3.8, 4) is 0 Å². The van der Waals surface area contributed by atoms with Crippen LogP contribution in [0.5, 0.6) is 0 Å². The number of quaternary nitrogens is 1. The van der Waals surface area contributed by atoms with Crippen molar-refractivity contribution in [3.63, 3.8) is 0 Å². The van der Waals surface area contributed by atoms with E-state index in [-0.39, 0.29) is 38.6 Å². The van der Waals surface area contributed by atoms with Crippen molar-refractivity contribution in [2.45, 2.75) is 225 Å². The number of likely N-dealkylation sites (N-methyl/N-ethyl adjacent to an activating group) is 1. The van der Waals surface area contributed by atoms with E-state index < -0.39 is 24.3 Å². The van der Waals surface area contributed by atoms with Crippen molar-refractivity contribution in [1.82, 2.24) is 0 Å². The number of esters is 2. The van der Waals surface area contributed by atoms with Crippen LogP contribution in [0.3, 0.4) is 0 Å². The Hall–Kier alpha value is -4.31. The molecule has 0 aromatic rings. The van der Waals surface area contributed by atoms with Gasteiger partial charge in [-0.2, -0.15) is 0 Å². The van der Waals surface area contributed by atoms with Crippen molar-refractivity contribution < 1.29 is 42.9 Å². The largest absolute Gasteiger partial charge is 0.545 e. The lowest BCUT2D eigenvalue weighted by molar-refractivity contribution is -0.870. The maximum Gasteiger partial charge on any atom is 0.306 e. The van der Waals surface area contributed by atoms with Gasteiger partial charge in [-0.3, -0.25) is 9.59 Å². The zero-order chi connectivity index (χ0) is 54.1. The molecule has 0 amide bonds. The number of carboxylic acids is 1.